The lowest BCUT2D eigenvalue weighted by Crippen LogP contribution is -2.33. The van der Waals surface area contributed by atoms with Crippen molar-refractivity contribution < 1.29 is 13.9 Å². The quantitative estimate of drug-likeness (QED) is 0.800. The predicted molar refractivity (Wildman–Crippen MR) is 73.6 cm³/mol. The van der Waals surface area contributed by atoms with Crippen LogP contribution in [0.2, 0.25) is 0 Å². The van der Waals surface area contributed by atoms with Gasteiger partial charge in [0.05, 0.1) is 13.2 Å². The van der Waals surface area contributed by atoms with E-state index in [1.54, 1.807) is 14.0 Å². The highest BCUT2D eigenvalue weighted by Crippen LogP contribution is 2.40. The van der Waals surface area contributed by atoms with Crippen LogP contribution in [0.1, 0.15) is 30.1 Å². The number of alkyl halides is 2. The summed E-state index contributed by atoms with van der Waals surface area (Å²) in [5, 5.41) is 12.1. The summed E-state index contributed by atoms with van der Waals surface area (Å²) >= 11 is 0. The van der Waals surface area contributed by atoms with E-state index in [0.717, 1.165) is 18.4 Å². The number of aromatic nitrogens is 2. The molecule has 0 atom stereocenters. The molecule has 5 nitrogen and oxygen atoms in total. The topological polar surface area (TPSA) is 61.3 Å². The molecule has 1 aromatic rings. The lowest BCUT2D eigenvalue weighted by Gasteiger charge is -2.25. The molecule has 0 aliphatic heterocycles. The lowest BCUT2D eigenvalue weighted by molar-refractivity contribution is 0.152. The molecule has 2 rings (SSSR count). The van der Waals surface area contributed by atoms with Crippen LogP contribution in [0, 0.1) is 6.92 Å². The first-order chi connectivity index (χ1) is 9.56. The molecule has 0 radical (unpaired) electrons. The maximum Gasteiger partial charge on any atom is 0.255 e. The van der Waals surface area contributed by atoms with Crippen molar-refractivity contribution in [3.05, 3.63) is 11.4 Å². The van der Waals surface area contributed by atoms with Crippen molar-refractivity contribution in [2.75, 3.05) is 37.0 Å². The number of aliphatic hydroxyl groups excluding tert-OH is 1. The molecule has 1 heterocycles. The molecular weight excluding hydrogens is 266 g/mol. The first-order valence-electron chi connectivity index (χ1n) is 6.77. The fourth-order valence-corrected chi connectivity index (χ4v) is 2.17. The zero-order valence-corrected chi connectivity index (χ0v) is 11.7. The number of nitrogens with zero attached hydrogens (tertiary/aromatic N) is 3. The highest BCUT2D eigenvalue weighted by Gasteiger charge is 2.29. The summed E-state index contributed by atoms with van der Waals surface area (Å²) in [5.74, 6) is 2.19. The van der Waals surface area contributed by atoms with Gasteiger partial charge in [-0.25, -0.2) is 18.7 Å². The predicted octanol–water partition coefficient (Wildman–Crippen LogP) is 1.77. The third-order valence-corrected chi connectivity index (χ3v) is 3.34. The van der Waals surface area contributed by atoms with Crippen molar-refractivity contribution in [3.8, 4) is 0 Å². The average Bonchev–Trinajstić information content (AvgIpc) is 3.22. The van der Waals surface area contributed by atoms with Gasteiger partial charge in [0.15, 0.2) is 0 Å². The van der Waals surface area contributed by atoms with E-state index in [9.17, 15) is 8.78 Å². The van der Waals surface area contributed by atoms with Gasteiger partial charge >= 0.3 is 0 Å². The summed E-state index contributed by atoms with van der Waals surface area (Å²) in [6.45, 7) is 1.30. The number of halogens is 2. The van der Waals surface area contributed by atoms with E-state index in [1.165, 1.54) is 4.90 Å². The van der Waals surface area contributed by atoms with E-state index >= 15 is 0 Å². The molecule has 0 unspecified atom stereocenters. The minimum atomic E-state index is -2.47. The summed E-state index contributed by atoms with van der Waals surface area (Å²) in [4.78, 5) is 10.3. The van der Waals surface area contributed by atoms with Crippen molar-refractivity contribution in [3.63, 3.8) is 0 Å². The second-order valence-electron chi connectivity index (χ2n) is 4.96. The van der Waals surface area contributed by atoms with Crippen LogP contribution in [0.4, 0.5) is 20.4 Å². The minimum Gasteiger partial charge on any atom is -0.395 e. The zero-order valence-electron chi connectivity index (χ0n) is 11.7. The number of hydrogen-bond acceptors (Lipinski definition) is 5. The third-order valence-electron chi connectivity index (χ3n) is 3.34. The maximum atomic E-state index is 12.7. The molecule has 0 aromatic carbocycles. The molecule has 1 aliphatic carbocycles. The lowest BCUT2D eigenvalue weighted by atomic mass is 10.2. The van der Waals surface area contributed by atoms with E-state index in [-0.39, 0.29) is 13.2 Å². The Kier molecular flexibility index (Phi) is 4.69. The Bertz CT molecular complexity index is 466. The SMILES string of the molecule is CNc1nc(C2CC2)nc(N(CCO)CC(F)F)c1C. The van der Waals surface area contributed by atoms with Gasteiger partial charge in [0, 0.05) is 25.1 Å². The first-order valence-corrected chi connectivity index (χ1v) is 6.77. The van der Waals surface area contributed by atoms with Gasteiger partial charge in [0.25, 0.3) is 6.43 Å². The largest absolute Gasteiger partial charge is 0.395 e. The second-order valence-corrected chi connectivity index (χ2v) is 4.96. The molecule has 1 aromatic heterocycles. The monoisotopic (exact) mass is 286 g/mol. The Balaban J connectivity index is 2.37. The fourth-order valence-electron chi connectivity index (χ4n) is 2.17. The zero-order chi connectivity index (χ0) is 14.7. The van der Waals surface area contributed by atoms with Gasteiger partial charge in [0.2, 0.25) is 0 Å². The van der Waals surface area contributed by atoms with E-state index < -0.39 is 13.0 Å². The number of nitrogens with one attached hydrogen (secondary N) is 1. The molecular formula is C13H20F2N4O. The molecule has 0 bridgehead atoms. The van der Waals surface area contributed by atoms with E-state index in [2.05, 4.69) is 15.3 Å². The standard InChI is InChI=1S/C13H20F2N4O/c1-8-11(16-2)17-12(9-3-4-9)18-13(8)19(5-6-20)7-10(14)15/h9-10,20H,3-7H2,1-2H3,(H,16,17,18). The van der Waals surface area contributed by atoms with Crippen molar-refractivity contribution in [2.45, 2.75) is 32.1 Å². The van der Waals surface area contributed by atoms with Gasteiger partial charge in [-0.05, 0) is 19.8 Å². The van der Waals surface area contributed by atoms with Crippen LogP contribution in [0.15, 0.2) is 0 Å². The number of anilines is 2. The molecule has 1 aliphatic rings. The Hall–Kier alpha value is -1.50. The molecule has 0 amide bonds. The van der Waals surface area contributed by atoms with Gasteiger partial charge < -0.3 is 15.3 Å². The Morgan fingerprint density at radius 2 is 2.10 bits per heavy atom. The highest BCUT2D eigenvalue weighted by molar-refractivity contribution is 5.59. The van der Waals surface area contributed by atoms with E-state index in [0.29, 0.717) is 23.4 Å². The van der Waals surface area contributed by atoms with Crippen molar-refractivity contribution in [1.82, 2.24) is 9.97 Å². The average molecular weight is 286 g/mol. The van der Waals surface area contributed by atoms with Crippen LogP contribution >= 0.6 is 0 Å². The smallest absolute Gasteiger partial charge is 0.255 e. The van der Waals surface area contributed by atoms with E-state index in [1.807, 2.05) is 0 Å². The normalized spacial score (nSPS) is 14.7. The van der Waals surface area contributed by atoms with Crippen LogP contribution in [0.3, 0.4) is 0 Å². The van der Waals surface area contributed by atoms with Gasteiger partial charge in [0.1, 0.15) is 17.5 Å². The van der Waals surface area contributed by atoms with Gasteiger partial charge in [-0.2, -0.15) is 0 Å². The first kappa shape index (κ1) is 14.9. The molecule has 0 spiro atoms. The number of hydrogen-bond donors (Lipinski definition) is 2. The number of aliphatic hydroxyl groups is 1. The summed E-state index contributed by atoms with van der Waals surface area (Å²) in [7, 11) is 1.75. The fraction of sp³-hybridized carbons (Fsp3) is 0.692. The van der Waals surface area contributed by atoms with Crippen molar-refractivity contribution >= 4 is 11.6 Å². The third kappa shape index (κ3) is 3.33. The second kappa shape index (κ2) is 6.30. The number of rotatable bonds is 7. The maximum absolute atomic E-state index is 12.7. The van der Waals surface area contributed by atoms with Crippen LogP contribution in [-0.2, 0) is 0 Å². The Labute approximate surface area is 117 Å². The van der Waals surface area contributed by atoms with Gasteiger partial charge in [-0.15, -0.1) is 0 Å². The van der Waals surface area contributed by atoms with Crippen molar-refractivity contribution in [1.29, 1.82) is 0 Å². The molecule has 1 fully saturated rings. The molecule has 0 saturated heterocycles. The Morgan fingerprint density at radius 1 is 1.40 bits per heavy atom. The van der Waals surface area contributed by atoms with E-state index in [4.69, 9.17) is 5.11 Å². The van der Waals surface area contributed by atoms with Gasteiger partial charge in [-0.3, -0.25) is 0 Å². The summed E-state index contributed by atoms with van der Waals surface area (Å²) in [6, 6.07) is 0. The highest BCUT2D eigenvalue weighted by atomic mass is 19.3. The summed E-state index contributed by atoms with van der Waals surface area (Å²) in [6.07, 6.45) is -0.389. The molecule has 20 heavy (non-hydrogen) atoms. The molecule has 2 N–H and O–H groups in total. The minimum absolute atomic E-state index is 0.134. The molecule has 112 valence electrons. The molecule has 1 saturated carbocycles. The van der Waals surface area contributed by atoms with Crippen LogP contribution in [0.25, 0.3) is 0 Å². The van der Waals surface area contributed by atoms with Crippen LogP contribution in [0.5, 0.6) is 0 Å². The van der Waals surface area contributed by atoms with Gasteiger partial charge in [-0.1, -0.05) is 0 Å². The summed E-state index contributed by atoms with van der Waals surface area (Å²) in [5.41, 5.74) is 0.728. The Morgan fingerprint density at radius 3 is 2.60 bits per heavy atom. The summed E-state index contributed by atoms with van der Waals surface area (Å²) < 4.78 is 25.4. The van der Waals surface area contributed by atoms with Crippen LogP contribution < -0.4 is 10.2 Å². The van der Waals surface area contributed by atoms with Crippen molar-refractivity contribution in [2.24, 2.45) is 0 Å². The molecule has 7 heteroatoms. The van der Waals surface area contributed by atoms with Crippen LogP contribution in [-0.4, -0.2) is 48.2 Å².